The zero-order valence-corrected chi connectivity index (χ0v) is 18.9. The van der Waals surface area contributed by atoms with Gasteiger partial charge >= 0.3 is 0 Å². The fourth-order valence-corrected chi connectivity index (χ4v) is 4.12. The Kier molecular flexibility index (Phi) is 7.84. The summed E-state index contributed by atoms with van der Waals surface area (Å²) < 4.78 is 5.70. The van der Waals surface area contributed by atoms with E-state index in [1.807, 2.05) is 6.07 Å². The molecule has 2 heterocycles. The zero-order chi connectivity index (χ0) is 22.4. The number of Topliss-reactive ketones (excluding diaryl/α,β-unsaturated/α-hetero) is 1. The van der Waals surface area contributed by atoms with Gasteiger partial charge in [-0.3, -0.25) is 14.4 Å². The summed E-state index contributed by atoms with van der Waals surface area (Å²) in [6.45, 7) is 8.85. The van der Waals surface area contributed by atoms with Gasteiger partial charge in [0.05, 0.1) is 6.10 Å². The summed E-state index contributed by atoms with van der Waals surface area (Å²) in [7, 11) is 0. The minimum Gasteiger partial charge on any atom is -0.366 e. The number of likely N-dealkylation sites (tertiary alicyclic amines) is 1. The van der Waals surface area contributed by atoms with Crippen molar-refractivity contribution in [2.24, 2.45) is 5.41 Å². The van der Waals surface area contributed by atoms with E-state index >= 15 is 0 Å². The highest BCUT2D eigenvalue weighted by atomic mass is 16.5. The molecule has 1 aromatic carbocycles. The third kappa shape index (κ3) is 6.37. The van der Waals surface area contributed by atoms with E-state index in [9.17, 15) is 14.4 Å². The maximum absolute atomic E-state index is 13.2. The fraction of sp³-hybridized carbons (Fsp3) is 0.625. The van der Waals surface area contributed by atoms with Gasteiger partial charge in [0.1, 0.15) is 18.7 Å². The maximum atomic E-state index is 13.2. The summed E-state index contributed by atoms with van der Waals surface area (Å²) in [6.07, 6.45) is 3.29. The summed E-state index contributed by atoms with van der Waals surface area (Å²) in [5, 5.41) is 5.79. The number of carbonyl (C=O) groups excluding carboxylic acids is 3. The molecular weight excluding hydrogens is 394 g/mol. The molecule has 31 heavy (non-hydrogen) atoms. The standard InChI is InChI=1S/C24H35N3O4/c1-4-24(2,3)14-18(25-22(29)17-10-6-5-7-11-17)23(30)26-21-19(28)16-31-20(21)15-27-12-8-9-13-27/h5-7,10-11,18,20-21H,4,8-9,12-16H2,1-3H3,(H,25,29)(H,26,30). The highest BCUT2D eigenvalue weighted by Gasteiger charge is 2.40. The first-order chi connectivity index (χ1) is 14.8. The van der Waals surface area contributed by atoms with Crippen LogP contribution < -0.4 is 10.6 Å². The minimum atomic E-state index is -0.733. The second-order valence-corrected chi connectivity index (χ2v) is 9.42. The van der Waals surface area contributed by atoms with Gasteiger partial charge in [-0.25, -0.2) is 0 Å². The second-order valence-electron chi connectivity index (χ2n) is 9.42. The van der Waals surface area contributed by atoms with E-state index in [0.29, 0.717) is 18.5 Å². The van der Waals surface area contributed by atoms with Crippen molar-refractivity contribution >= 4 is 17.6 Å². The molecule has 2 aliphatic heterocycles. The Labute approximate surface area is 184 Å². The molecule has 0 bridgehead atoms. The monoisotopic (exact) mass is 429 g/mol. The van der Waals surface area contributed by atoms with Crippen molar-refractivity contribution in [3.05, 3.63) is 35.9 Å². The Morgan fingerprint density at radius 1 is 1.19 bits per heavy atom. The van der Waals surface area contributed by atoms with E-state index in [0.717, 1.165) is 32.4 Å². The van der Waals surface area contributed by atoms with E-state index in [4.69, 9.17) is 4.74 Å². The Hall–Kier alpha value is -2.25. The number of ether oxygens (including phenoxy) is 1. The quantitative estimate of drug-likeness (QED) is 0.628. The molecule has 0 saturated carbocycles. The predicted octanol–water partition coefficient (Wildman–Crippen LogP) is 2.16. The third-order valence-corrected chi connectivity index (χ3v) is 6.46. The van der Waals surface area contributed by atoms with Crippen molar-refractivity contribution in [2.75, 3.05) is 26.2 Å². The summed E-state index contributed by atoms with van der Waals surface area (Å²) >= 11 is 0. The van der Waals surface area contributed by atoms with Crippen molar-refractivity contribution in [2.45, 2.75) is 64.6 Å². The Morgan fingerprint density at radius 3 is 2.52 bits per heavy atom. The molecule has 1 aromatic rings. The largest absolute Gasteiger partial charge is 0.366 e. The molecule has 0 spiro atoms. The molecule has 3 unspecified atom stereocenters. The van der Waals surface area contributed by atoms with Crippen LogP contribution in [0.15, 0.2) is 30.3 Å². The average molecular weight is 430 g/mol. The Bertz CT molecular complexity index is 774. The van der Waals surface area contributed by atoms with Gasteiger partial charge in [0.25, 0.3) is 5.91 Å². The van der Waals surface area contributed by atoms with Crippen LogP contribution in [0, 0.1) is 5.41 Å². The van der Waals surface area contributed by atoms with Crippen LogP contribution in [0.4, 0.5) is 0 Å². The number of hydrogen-bond donors (Lipinski definition) is 2. The third-order valence-electron chi connectivity index (χ3n) is 6.46. The van der Waals surface area contributed by atoms with Gasteiger partial charge < -0.3 is 20.3 Å². The lowest BCUT2D eigenvalue weighted by Crippen LogP contribution is -2.55. The predicted molar refractivity (Wildman–Crippen MR) is 119 cm³/mol. The molecule has 7 nitrogen and oxygen atoms in total. The maximum Gasteiger partial charge on any atom is 0.251 e. The minimum absolute atomic E-state index is 0.0188. The molecule has 2 amide bonds. The van der Waals surface area contributed by atoms with Gasteiger partial charge in [0, 0.05) is 12.1 Å². The van der Waals surface area contributed by atoms with Crippen LogP contribution in [-0.2, 0) is 14.3 Å². The van der Waals surface area contributed by atoms with Gasteiger partial charge in [-0.1, -0.05) is 45.4 Å². The van der Waals surface area contributed by atoms with Crippen molar-refractivity contribution in [1.82, 2.24) is 15.5 Å². The van der Waals surface area contributed by atoms with Crippen LogP contribution in [0.2, 0.25) is 0 Å². The summed E-state index contributed by atoms with van der Waals surface area (Å²) in [6, 6.07) is 7.45. The first-order valence-electron chi connectivity index (χ1n) is 11.3. The molecule has 3 atom stereocenters. The smallest absolute Gasteiger partial charge is 0.251 e. The Balaban J connectivity index is 1.70. The molecule has 2 aliphatic rings. The van der Waals surface area contributed by atoms with Crippen LogP contribution in [-0.4, -0.2) is 66.9 Å². The van der Waals surface area contributed by atoms with Crippen molar-refractivity contribution < 1.29 is 19.1 Å². The SMILES string of the molecule is CCC(C)(C)CC(NC(=O)c1ccccc1)C(=O)NC1C(=O)COC1CN1CCCC1. The molecule has 2 saturated heterocycles. The molecule has 0 radical (unpaired) electrons. The van der Waals surface area contributed by atoms with Gasteiger partial charge in [-0.05, 0) is 49.9 Å². The van der Waals surface area contributed by atoms with Crippen LogP contribution in [0.25, 0.3) is 0 Å². The number of nitrogens with zero attached hydrogens (tertiary/aromatic N) is 1. The molecule has 2 fully saturated rings. The molecule has 170 valence electrons. The highest BCUT2D eigenvalue weighted by molar-refractivity contribution is 5.99. The number of ketones is 1. The first-order valence-corrected chi connectivity index (χ1v) is 11.3. The number of nitrogens with one attached hydrogen (secondary N) is 2. The molecule has 2 N–H and O–H groups in total. The van der Waals surface area contributed by atoms with Gasteiger partial charge in [0.15, 0.2) is 5.78 Å². The number of amides is 2. The van der Waals surface area contributed by atoms with Gasteiger partial charge in [-0.2, -0.15) is 0 Å². The average Bonchev–Trinajstić information content (AvgIpc) is 3.39. The first kappa shape index (κ1) is 23.4. The number of hydrogen-bond acceptors (Lipinski definition) is 5. The van der Waals surface area contributed by atoms with E-state index in [1.54, 1.807) is 24.3 Å². The zero-order valence-electron chi connectivity index (χ0n) is 18.9. The van der Waals surface area contributed by atoms with Gasteiger partial charge in [0.2, 0.25) is 5.91 Å². The van der Waals surface area contributed by atoms with Crippen LogP contribution >= 0.6 is 0 Å². The molecule has 0 aromatic heterocycles. The second kappa shape index (κ2) is 10.4. The summed E-state index contributed by atoms with van der Waals surface area (Å²) in [5.74, 6) is -0.739. The van der Waals surface area contributed by atoms with Crippen LogP contribution in [0.3, 0.4) is 0 Å². The lowest BCUT2D eigenvalue weighted by Gasteiger charge is -2.30. The van der Waals surface area contributed by atoms with E-state index in [2.05, 4.69) is 36.3 Å². The molecule has 0 aliphatic carbocycles. The number of rotatable bonds is 9. The molecule has 3 rings (SSSR count). The fourth-order valence-electron chi connectivity index (χ4n) is 4.12. The summed E-state index contributed by atoms with van der Waals surface area (Å²) in [4.78, 5) is 40.7. The molecular formula is C24H35N3O4. The van der Waals surface area contributed by atoms with E-state index in [1.165, 1.54) is 0 Å². The van der Waals surface area contributed by atoms with Crippen molar-refractivity contribution in [1.29, 1.82) is 0 Å². The van der Waals surface area contributed by atoms with Crippen molar-refractivity contribution in [3.63, 3.8) is 0 Å². The highest BCUT2D eigenvalue weighted by Crippen LogP contribution is 2.27. The topological polar surface area (TPSA) is 87.7 Å². The number of carbonyl (C=O) groups is 3. The lowest BCUT2D eigenvalue weighted by atomic mass is 9.83. The van der Waals surface area contributed by atoms with E-state index < -0.39 is 12.1 Å². The van der Waals surface area contributed by atoms with Gasteiger partial charge in [-0.15, -0.1) is 0 Å². The summed E-state index contributed by atoms with van der Waals surface area (Å²) in [5.41, 5.74) is 0.360. The van der Waals surface area contributed by atoms with Crippen LogP contribution in [0.1, 0.15) is 56.8 Å². The Morgan fingerprint density at radius 2 is 1.87 bits per heavy atom. The van der Waals surface area contributed by atoms with Crippen LogP contribution in [0.5, 0.6) is 0 Å². The number of benzene rings is 1. The van der Waals surface area contributed by atoms with E-state index in [-0.39, 0.29) is 35.7 Å². The normalized spacial score (nSPS) is 23.0. The molecule has 7 heteroatoms. The van der Waals surface area contributed by atoms with Crippen molar-refractivity contribution in [3.8, 4) is 0 Å². The lowest BCUT2D eigenvalue weighted by molar-refractivity contribution is -0.128.